The van der Waals surface area contributed by atoms with Crippen molar-refractivity contribution in [2.24, 2.45) is 5.92 Å². The second-order valence-corrected chi connectivity index (χ2v) is 7.74. The Labute approximate surface area is 187 Å². The van der Waals surface area contributed by atoms with Gasteiger partial charge in [-0.15, -0.1) is 0 Å². The van der Waals surface area contributed by atoms with E-state index < -0.39 is 5.91 Å². The van der Waals surface area contributed by atoms with E-state index in [1.807, 2.05) is 36.4 Å². The van der Waals surface area contributed by atoms with Crippen LogP contribution in [0.1, 0.15) is 27.2 Å². The molecule has 31 heavy (non-hydrogen) atoms. The molecule has 0 saturated carbocycles. The van der Waals surface area contributed by atoms with Crippen molar-refractivity contribution in [1.82, 2.24) is 20.6 Å². The minimum atomic E-state index is -0.430. The van der Waals surface area contributed by atoms with Crippen molar-refractivity contribution in [2.45, 2.75) is 19.9 Å². The van der Waals surface area contributed by atoms with E-state index in [0.717, 1.165) is 19.5 Å². The summed E-state index contributed by atoms with van der Waals surface area (Å²) in [6.07, 6.45) is 0.812. The van der Waals surface area contributed by atoms with Crippen molar-refractivity contribution in [3.05, 3.63) is 82.1 Å². The summed E-state index contributed by atoms with van der Waals surface area (Å²) in [5.74, 6) is -0.330. The molecule has 1 amide bonds. The molecule has 6 N–H and O–H groups in total. The van der Waals surface area contributed by atoms with Crippen molar-refractivity contribution in [3.8, 4) is 0 Å². The molecule has 8 heteroatoms. The van der Waals surface area contributed by atoms with E-state index in [1.165, 1.54) is 16.7 Å². The fourth-order valence-corrected chi connectivity index (χ4v) is 3.38. The van der Waals surface area contributed by atoms with Crippen molar-refractivity contribution in [2.75, 3.05) is 24.6 Å². The molecule has 0 aliphatic heterocycles. The Morgan fingerprint density at radius 1 is 1.10 bits per heavy atom. The van der Waals surface area contributed by atoms with Gasteiger partial charge in [-0.05, 0) is 42.0 Å². The standard InChI is InChI=1S/C23H26ClN6O/c1-15-7-5-6-10-18(15)11-17(13-27-12-16-8-3-2-4-9-16)14-28-23(31)19-21(25)30-22(26)20(24)29-19/h3-10,17,27H,11-14H2,1H3,(H,28,31)(H4,25,26,30)/t17-/m1/s1. The third-order valence-electron chi connectivity index (χ3n) is 4.99. The third-order valence-corrected chi connectivity index (χ3v) is 5.27. The van der Waals surface area contributed by atoms with Crippen LogP contribution in [0.5, 0.6) is 0 Å². The van der Waals surface area contributed by atoms with Gasteiger partial charge in [0.15, 0.2) is 22.5 Å². The van der Waals surface area contributed by atoms with Gasteiger partial charge in [-0.25, -0.2) is 9.97 Å². The highest BCUT2D eigenvalue weighted by Crippen LogP contribution is 2.18. The fourth-order valence-electron chi connectivity index (χ4n) is 3.26. The zero-order valence-corrected chi connectivity index (χ0v) is 18.1. The molecule has 1 atom stereocenters. The van der Waals surface area contributed by atoms with Gasteiger partial charge in [-0.1, -0.05) is 60.1 Å². The first-order valence-corrected chi connectivity index (χ1v) is 10.4. The van der Waals surface area contributed by atoms with E-state index in [2.05, 4.69) is 45.7 Å². The van der Waals surface area contributed by atoms with Gasteiger partial charge in [0.05, 0.1) is 0 Å². The predicted octanol–water partition coefficient (Wildman–Crippen LogP) is 2.78. The molecule has 0 spiro atoms. The second-order valence-electron chi connectivity index (χ2n) is 7.38. The van der Waals surface area contributed by atoms with Crippen LogP contribution in [-0.2, 0) is 13.0 Å². The zero-order valence-electron chi connectivity index (χ0n) is 17.4. The van der Waals surface area contributed by atoms with Crippen LogP contribution in [0.3, 0.4) is 0 Å². The Hall–Kier alpha value is -3.16. The van der Waals surface area contributed by atoms with Gasteiger partial charge in [0.25, 0.3) is 5.91 Å². The van der Waals surface area contributed by atoms with Gasteiger partial charge in [-0.3, -0.25) is 4.79 Å². The number of anilines is 2. The summed E-state index contributed by atoms with van der Waals surface area (Å²) in [5.41, 5.74) is 15.0. The van der Waals surface area contributed by atoms with Crippen molar-refractivity contribution < 1.29 is 4.79 Å². The maximum Gasteiger partial charge on any atom is 0.273 e. The highest BCUT2D eigenvalue weighted by molar-refractivity contribution is 6.31. The molecule has 0 saturated heterocycles. The minimum absolute atomic E-state index is 0.00384. The summed E-state index contributed by atoms with van der Waals surface area (Å²) < 4.78 is 0. The molecule has 161 valence electrons. The van der Waals surface area contributed by atoms with Gasteiger partial charge in [0, 0.05) is 19.6 Å². The normalized spacial score (nSPS) is 11.8. The van der Waals surface area contributed by atoms with E-state index >= 15 is 0 Å². The van der Waals surface area contributed by atoms with Crippen LogP contribution in [0.4, 0.5) is 11.6 Å². The molecule has 7 nitrogen and oxygen atoms in total. The number of hydrogen-bond acceptors (Lipinski definition) is 6. The molecular weight excluding hydrogens is 412 g/mol. The van der Waals surface area contributed by atoms with Gasteiger partial charge in [0.2, 0.25) is 0 Å². The summed E-state index contributed by atoms with van der Waals surface area (Å²) >= 11 is 5.90. The molecule has 0 aliphatic rings. The van der Waals surface area contributed by atoms with Crippen molar-refractivity contribution in [3.63, 3.8) is 0 Å². The maximum atomic E-state index is 12.6. The first-order chi connectivity index (χ1) is 14.9. The zero-order chi connectivity index (χ0) is 22.2. The number of carbonyl (C=O) groups is 1. The summed E-state index contributed by atoms with van der Waals surface area (Å²) in [5, 5.41) is 6.34. The number of amides is 1. The summed E-state index contributed by atoms with van der Waals surface area (Å²) in [6, 6.07) is 19.1. The van der Waals surface area contributed by atoms with Crippen molar-refractivity contribution >= 4 is 29.1 Å². The molecule has 1 radical (unpaired) electrons. The smallest absolute Gasteiger partial charge is 0.273 e. The van der Waals surface area contributed by atoms with Gasteiger partial charge >= 0.3 is 0 Å². The molecule has 1 heterocycles. The SMILES string of the molecule is Cc1ccccc1C[C@H](CNCc1cc[c]cc1)CNC(=O)c1nc(Cl)c(N)nc1N. The van der Waals surface area contributed by atoms with Crippen LogP contribution < -0.4 is 22.1 Å². The van der Waals surface area contributed by atoms with Crippen LogP contribution in [0.15, 0.2) is 48.5 Å². The maximum absolute atomic E-state index is 12.6. The Morgan fingerprint density at radius 3 is 2.58 bits per heavy atom. The molecule has 0 fully saturated rings. The van der Waals surface area contributed by atoms with Crippen molar-refractivity contribution in [1.29, 1.82) is 0 Å². The molecule has 0 unspecified atom stereocenters. The summed E-state index contributed by atoms with van der Waals surface area (Å²) in [7, 11) is 0. The number of rotatable bonds is 9. The topological polar surface area (TPSA) is 119 Å². The number of carbonyl (C=O) groups excluding carboxylic acids is 1. The Kier molecular flexibility index (Phi) is 7.81. The lowest BCUT2D eigenvalue weighted by Crippen LogP contribution is -2.36. The average molecular weight is 438 g/mol. The number of benzene rings is 2. The quantitative estimate of drug-likeness (QED) is 0.408. The lowest BCUT2D eigenvalue weighted by Gasteiger charge is -2.20. The number of aryl methyl sites for hydroxylation is 1. The molecule has 0 aliphatic carbocycles. The lowest BCUT2D eigenvalue weighted by molar-refractivity contribution is 0.0942. The van der Waals surface area contributed by atoms with Crippen LogP contribution in [0.2, 0.25) is 5.15 Å². The Balaban J connectivity index is 1.66. The number of nitrogens with zero attached hydrogens (tertiary/aromatic N) is 2. The predicted molar refractivity (Wildman–Crippen MR) is 124 cm³/mol. The number of hydrogen-bond donors (Lipinski definition) is 4. The van der Waals surface area contributed by atoms with E-state index in [1.54, 1.807) is 0 Å². The highest BCUT2D eigenvalue weighted by Gasteiger charge is 2.18. The molecule has 3 rings (SSSR count). The monoisotopic (exact) mass is 437 g/mol. The Morgan fingerprint density at radius 2 is 1.84 bits per heavy atom. The van der Waals surface area contributed by atoms with Crippen LogP contribution in [-0.4, -0.2) is 29.0 Å². The van der Waals surface area contributed by atoms with E-state index in [-0.39, 0.29) is 28.4 Å². The first-order valence-electron chi connectivity index (χ1n) is 10.0. The molecule has 0 bridgehead atoms. The molecule has 2 aromatic carbocycles. The fraction of sp³-hybridized carbons (Fsp3) is 0.261. The van der Waals surface area contributed by atoms with Gasteiger partial charge < -0.3 is 22.1 Å². The lowest BCUT2D eigenvalue weighted by atomic mass is 9.95. The number of nitrogen functional groups attached to an aromatic ring is 2. The van der Waals surface area contributed by atoms with E-state index in [0.29, 0.717) is 6.54 Å². The number of aromatic nitrogens is 2. The molecule has 1 aromatic heterocycles. The van der Waals surface area contributed by atoms with Crippen LogP contribution in [0, 0.1) is 18.9 Å². The van der Waals surface area contributed by atoms with Crippen LogP contribution >= 0.6 is 11.6 Å². The first kappa shape index (κ1) is 22.5. The van der Waals surface area contributed by atoms with E-state index in [4.69, 9.17) is 23.1 Å². The van der Waals surface area contributed by atoms with Crippen LogP contribution in [0.25, 0.3) is 0 Å². The highest BCUT2D eigenvalue weighted by atomic mass is 35.5. The third kappa shape index (κ3) is 6.41. The summed E-state index contributed by atoms with van der Waals surface area (Å²) in [6.45, 7) is 3.98. The number of halogens is 1. The number of nitrogens with two attached hydrogens (primary N) is 2. The van der Waals surface area contributed by atoms with Gasteiger partial charge in [0.1, 0.15) is 0 Å². The second kappa shape index (κ2) is 10.7. The van der Waals surface area contributed by atoms with Gasteiger partial charge in [-0.2, -0.15) is 0 Å². The molecular formula is C23H26ClN6O. The largest absolute Gasteiger partial charge is 0.382 e. The average Bonchev–Trinajstić information content (AvgIpc) is 2.76. The minimum Gasteiger partial charge on any atom is -0.382 e. The molecule has 3 aromatic rings. The van der Waals surface area contributed by atoms with E-state index in [9.17, 15) is 4.79 Å². The Bertz CT molecular complexity index is 1030. The number of nitrogens with one attached hydrogen (secondary N) is 2. The summed E-state index contributed by atoms with van der Waals surface area (Å²) in [4.78, 5) is 20.5.